The van der Waals surface area contributed by atoms with Gasteiger partial charge in [0.2, 0.25) is 5.82 Å². The molecule has 0 bridgehead atoms. The number of fused-ring (bicyclic) bond motifs is 2. The number of para-hydroxylation sites is 1. The number of halogens is 3. The van der Waals surface area contributed by atoms with Crippen LogP contribution < -0.4 is 5.32 Å². The van der Waals surface area contributed by atoms with E-state index in [1.165, 1.54) is 16.7 Å². The molecule has 2 unspecified atom stereocenters. The van der Waals surface area contributed by atoms with Gasteiger partial charge in [-0.1, -0.05) is 47.5 Å². The Morgan fingerprint density at radius 2 is 1.62 bits per heavy atom. The summed E-state index contributed by atoms with van der Waals surface area (Å²) in [6, 6.07) is 16.3. The first-order valence-corrected chi connectivity index (χ1v) is 11.9. The second-order valence-corrected chi connectivity index (χ2v) is 9.59. The van der Waals surface area contributed by atoms with Gasteiger partial charge in [-0.15, -0.1) is 10.2 Å². The monoisotopic (exact) mass is 515 g/mol. The van der Waals surface area contributed by atoms with E-state index in [4.69, 9.17) is 9.90 Å². The van der Waals surface area contributed by atoms with Gasteiger partial charge in [0.05, 0.1) is 0 Å². The SMILES string of the molecule is Cc1cc(C)cc(CN2CC3Cc4nnc(C(=O)Nc5ccccc5)n4CC3C2)c1.O=C(O)C(F)(F)F. The van der Waals surface area contributed by atoms with E-state index < -0.39 is 12.1 Å². The second-order valence-electron chi connectivity index (χ2n) is 9.59. The van der Waals surface area contributed by atoms with Crippen molar-refractivity contribution in [3.63, 3.8) is 0 Å². The van der Waals surface area contributed by atoms with E-state index in [9.17, 15) is 18.0 Å². The van der Waals surface area contributed by atoms with E-state index in [1.807, 2.05) is 34.9 Å². The maximum atomic E-state index is 12.8. The molecule has 0 aliphatic carbocycles. The molecule has 3 heterocycles. The molecule has 196 valence electrons. The minimum Gasteiger partial charge on any atom is -0.475 e. The summed E-state index contributed by atoms with van der Waals surface area (Å²) < 4.78 is 33.8. The van der Waals surface area contributed by atoms with Gasteiger partial charge >= 0.3 is 12.1 Å². The van der Waals surface area contributed by atoms with E-state index in [0.29, 0.717) is 17.7 Å². The smallest absolute Gasteiger partial charge is 0.475 e. The number of carboxylic acids is 1. The van der Waals surface area contributed by atoms with Crippen LogP contribution in [0.4, 0.5) is 18.9 Å². The first-order chi connectivity index (χ1) is 17.5. The number of carbonyl (C=O) groups is 2. The average molecular weight is 516 g/mol. The molecular weight excluding hydrogens is 487 g/mol. The number of carbonyl (C=O) groups excluding carboxylic acids is 1. The minimum atomic E-state index is -5.08. The standard InChI is InChI=1S/C24H27N5O.C2HF3O2/c1-16-8-17(2)10-18(9-16)12-28-13-19-11-22-26-27-23(29(22)15-20(19)14-28)24(30)25-21-6-4-3-5-7-21;3-2(4,5)1(6)7/h3-10,19-20H,11-15H2,1-2H3,(H,25,30);(H,6,7). The van der Waals surface area contributed by atoms with Crippen molar-refractivity contribution >= 4 is 17.6 Å². The van der Waals surface area contributed by atoms with Crippen LogP contribution in [0.3, 0.4) is 0 Å². The van der Waals surface area contributed by atoms with Gasteiger partial charge in [-0.2, -0.15) is 13.2 Å². The Labute approximate surface area is 212 Å². The Kier molecular flexibility index (Phi) is 7.63. The highest BCUT2D eigenvalue weighted by Gasteiger charge is 2.39. The largest absolute Gasteiger partial charge is 0.490 e. The van der Waals surface area contributed by atoms with Crippen LogP contribution in [0.15, 0.2) is 48.5 Å². The van der Waals surface area contributed by atoms with Gasteiger partial charge in [0, 0.05) is 38.3 Å². The third-order valence-corrected chi connectivity index (χ3v) is 6.51. The van der Waals surface area contributed by atoms with Crippen LogP contribution in [0.2, 0.25) is 0 Å². The maximum Gasteiger partial charge on any atom is 0.490 e. The number of alkyl halides is 3. The quantitative estimate of drug-likeness (QED) is 0.543. The van der Waals surface area contributed by atoms with Crippen LogP contribution in [-0.2, 0) is 24.3 Å². The van der Waals surface area contributed by atoms with Crippen LogP contribution in [0.1, 0.15) is 33.1 Å². The molecule has 0 radical (unpaired) electrons. The highest BCUT2D eigenvalue weighted by atomic mass is 19.4. The van der Waals surface area contributed by atoms with Crippen molar-refractivity contribution in [3.05, 3.63) is 76.9 Å². The number of hydrogen-bond donors (Lipinski definition) is 2. The highest BCUT2D eigenvalue weighted by molar-refractivity contribution is 6.01. The number of nitrogens with zero attached hydrogens (tertiary/aromatic N) is 4. The number of carboxylic acid groups (broad SMARTS) is 1. The fourth-order valence-corrected chi connectivity index (χ4v) is 5.05. The van der Waals surface area contributed by atoms with Crippen molar-refractivity contribution in [1.29, 1.82) is 0 Å². The lowest BCUT2D eigenvalue weighted by molar-refractivity contribution is -0.192. The van der Waals surface area contributed by atoms with E-state index in [2.05, 4.69) is 52.5 Å². The summed E-state index contributed by atoms with van der Waals surface area (Å²) in [7, 11) is 0. The third kappa shape index (κ3) is 6.53. The molecule has 2 aliphatic rings. The van der Waals surface area contributed by atoms with Crippen molar-refractivity contribution in [3.8, 4) is 0 Å². The maximum absolute atomic E-state index is 12.8. The Morgan fingerprint density at radius 3 is 2.24 bits per heavy atom. The van der Waals surface area contributed by atoms with E-state index in [0.717, 1.165) is 44.1 Å². The molecule has 0 saturated carbocycles. The number of anilines is 1. The van der Waals surface area contributed by atoms with Crippen LogP contribution >= 0.6 is 0 Å². The summed E-state index contributed by atoms with van der Waals surface area (Å²) in [5.74, 6) is -0.487. The van der Waals surface area contributed by atoms with Crippen molar-refractivity contribution in [2.75, 3.05) is 18.4 Å². The van der Waals surface area contributed by atoms with Crippen molar-refractivity contribution in [2.45, 2.75) is 39.5 Å². The second kappa shape index (κ2) is 10.7. The number of aromatic nitrogens is 3. The van der Waals surface area contributed by atoms with Crippen molar-refractivity contribution in [1.82, 2.24) is 19.7 Å². The predicted octanol–water partition coefficient (Wildman–Crippen LogP) is 4.08. The molecular formula is C26H28F3N5O3. The first-order valence-electron chi connectivity index (χ1n) is 11.9. The molecule has 2 atom stereocenters. The molecule has 1 aromatic heterocycles. The number of amides is 1. The lowest BCUT2D eigenvalue weighted by Gasteiger charge is -2.25. The van der Waals surface area contributed by atoms with Crippen molar-refractivity contribution < 1.29 is 27.9 Å². The zero-order valence-corrected chi connectivity index (χ0v) is 20.5. The molecule has 2 aromatic carbocycles. The summed E-state index contributed by atoms with van der Waals surface area (Å²) in [5, 5.41) is 18.6. The number of hydrogen-bond acceptors (Lipinski definition) is 5. The fraction of sp³-hybridized carbons (Fsp3) is 0.385. The Bertz CT molecular complexity index is 1260. The number of rotatable bonds is 4. The van der Waals surface area contributed by atoms with Crippen LogP contribution in [-0.4, -0.2) is 55.9 Å². The van der Waals surface area contributed by atoms with E-state index in [1.54, 1.807) is 0 Å². The minimum absolute atomic E-state index is 0.191. The van der Waals surface area contributed by atoms with Gasteiger partial charge in [0.15, 0.2) is 0 Å². The number of aliphatic carboxylic acids is 1. The van der Waals surface area contributed by atoms with Crippen LogP contribution in [0, 0.1) is 25.7 Å². The molecule has 1 saturated heterocycles. The van der Waals surface area contributed by atoms with Gasteiger partial charge in [-0.05, 0) is 43.4 Å². The van der Waals surface area contributed by atoms with Crippen molar-refractivity contribution in [2.24, 2.45) is 11.8 Å². The molecule has 1 fully saturated rings. The van der Waals surface area contributed by atoms with Crippen LogP contribution in [0.5, 0.6) is 0 Å². The Hall–Kier alpha value is -3.73. The summed E-state index contributed by atoms with van der Waals surface area (Å²) in [4.78, 5) is 24.2. The van der Waals surface area contributed by atoms with Gasteiger partial charge in [-0.3, -0.25) is 9.69 Å². The number of aryl methyl sites for hydroxylation is 2. The summed E-state index contributed by atoms with van der Waals surface area (Å²) in [6.07, 6.45) is -4.19. The van der Waals surface area contributed by atoms with Gasteiger partial charge in [-0.25, -0.2) is 4.79 Å². The van der Waals surface area contributed by atoms with Gasteiger partial charge in [0.25, 0.3) is 5.91 Å². The average Bonchev–Trinajstić information content (AvgIpc) is 3.39. The molecule has 37 heavy (non-hydrogen) atoms. The lowest BCUT2D eigenvalue weighted by Crippen LogP contribution is -2.31. The predicted molar refractivity (Wildman–Crippen MR) is 130 cm³/mol. The summed E-state index contributed by atoms with van der Waals surface area (Å²) >= 11 is 0. The van der Waals surface area contributed by atoms with Crippen LogP contribution in [0.25, 0.3) is 0 Å². The molecule has 8 nitrogen and oxygen atoms in total. The molecule has 11 heteroatoms. The lowest BCUT2D eigenvalue weighted by atomic mass is 9.89. The van der Waals surface area contributed by atoms with E-state index in [-0.39, 0.29) is 5.91 Å². The van der Waals surface area contributed by atoms with E-state index >= 15 is 0 Å². The molecule has 1 amide bonds. The third-order valence-electron chi connectivity index (χ3n) is 6.51. The summed E-state index contributed by atoms with van der Waals surface area (Å²) in [6.45, 7) is 8.25. The zero-order chi connectivity index (χ0) is 26.7. The number of likely N-dealkylation sites (tertiary alicyclic amines) is 1. The summed E-state index contributed by atoms with van der Waals surface area (Å²) in [5.41, 5.74) is 4.80. The number of nitrogens with one attached hydrogen (secondary N) is 1. The van der Waals surface area contributed by atoms with Gasteiger partial charge < -0.3 is 15.0 Å². The molecule has 5 rings (SSSR count). The molecule has 3 aromatic rings. The molecule has 2 aliphatic heterocycles. The molecule has 2 N–H and O–H groups in total. The Morgan fingerprint density at radius 1 is 1.00 bits per heavy atom. The first kappa shape index (κ1) is 26.3. The normalized spacial score (nSPS) is 18.8. The highest BCUT2D eigenvalue weighted by Crippen LogP contribution is 2.33. The van der Waals surface area contributed by atoms with Gasteiger partial charge in [0.1, 0.15) is 5.82 Å². The molecule has 0 spiro atoms. The topological polar surface area (TPSA) is 100 Å². The number of benzene rings is 2. The Balaban J connectivity index is 0.000000405. The zero-order valence-electron chi connectivity index (χ0n) is 20.5. The fourth-order valence-electron chi connectivity index (χ4n) is 5.05.